The fraction of sp³-hybridized carbons (Fsp3) is 0.0500. The van der Waals surface area contributed by atoms with E-state index in [-0.39, 0.29) is 5.82 Å². The molecular formula is C20H15FN4O. The lowest BCUT2D eigenvalue weighted by atomic mass is 10.1. The lowest BCUT2D eigenvalue weighted by Gasteiger charge is -2.02. The van der Waals surface area contributed by atoms with Gasteiger partial charge in [0.1, 0.15) is 11.6 Å². The van der Waals surface area contributed by atoms with Crippen molar-refractivity contribution in [1.29, 1.82) is 0 Å². The number of nitrogens with zero attached hydrogens (tertiary/aromatic N) is 3. The van der Waals surface area contributed by atoms with Crippen LogP contribution in [0.1, 0.15) is 11.3 Å². The molecule has 0 atom stereocenters. The number of nitrogens with two attached hydrogens (primary N) is 1. The summed E-state index contributed by atoms with van der Waals surface area (Å²) in [5.74, 6) is 0.725. The van der Waals surface area contributed by atoms with Crippen LogP contribution < -0.4 is 5.73 Å². The minimum Gasteiger partial charge on any atom is -0.383 e. The van der Waals surface area contributed by atoms with Crippen molar-refractivity contribution in [3.8, 4) is 22.6 Å². The highest BCUT2D eigenvalue weighted by Gasteiger charge is 2.11. The molecule has 0 bridgehead atoms. The van der Waals surface area contributed by atoms with E-state index in [1.807, 2.05) is 24.3 Å². The van der Waals surface area contributed by atoms with Gasteiger partial charge in [-0.25, -0.2) is 9.37 Å². The number of hydrogen-bond acceptors (Lipinski definition) is 5. The maximum Gasteiger partial charge on any atom is 0.170 e. The lowest BCUT2D eigenvalue weighted by molar-refractivity contribution is 0.425. The molecule has 0 saturated carbocycles. The van der Waals surface area contributed by atoms with Crippen molar-refractivity contribution in [3.05, 3.63) is 84.1 Å². The zero-order valence-corrected chi connectivity index (χ0v) is 13.8. The van der Waals surface area contributed by atoms with Gasteiger partial charge in [0.15, 0.2) is 5.76 Å². The van der Waals surface area contributed by atoms with Gasteiger partial charge in [0, 0.05) is 30.4 Å². The third-order valence-electron chi connectivity index (χ3n) is 4.01. The fourth-order valence-corrected chi connectivity index (χ4v) is 2.68. The summed E-state index contributed by atoms with van der Waals surface area (Å²) in [5, 5.41) is 4.09. The van der Waals surface area contributed by atoms with Gasteiger partial charge in [-0.2, -0.15) is 0 Å². The Morgan fingerprint density at radius 1 is 1.00 bits per heavy atom. The van der Waals surface area contributed by atoms with E-state index in [4.69, 9.17) is 10.3 Å². The summed E-state index contributed by atoms with van der Waals surface area (Å²) in [6.07, 6.45) is 4.00. The van der Waals surface area contributed by atoms with E-state index in [1.54, 1.807) is 30.6 Å². The molecule has 0 fully saturated rings. The summed E-state index contributed by atoms with van der Waals surface area (Å²) in [5.41, 5.74) is 10.0. The zero-order chi connectivity index (χ0) is 17.9. The molecule has 0 spiro atoms. The van der Waals surface area contributed by atoms with E-state index in [9.17, 15) is 4.39 Å². The Morgan fingerprint density at radius 2 is 1.85 bits per heavy atom. The Bertz CT molecular complexity index is 1030. The van der Waals surface area contributed by atoms with Crippen LogP contribution in [0.25, 0.3) is 22.6 Å². The van der Waals surface area contributed by atoms with Crippen molar-refractivity contribution >= 4 is 5.82 Å². The van der Waals surface area contributed by atoms with Crippen LogP contribution in [0, 0.1) is 5.82 Å². The van der Waals surface area contributed by atoms with Gasteiger partial charge in [-0.1, -0.05) is 11.2 Å². The molecule has 2 N–H and O–H groups in total. The van der Waals surface area contributed by atoms with E-state index in [2.05, 4.69) is 15.1 Å². The molecule has 0 amide bonds. The second kappa shape index (κ2) is 6.76. The van der Waals surface area contributed by atoms with E-state index in [1.165, 1.54) is 12.1 Å². The van der Waals surface area contributed by atoms with Crippen LogP contribution in [-0.4, -0.2) is 15.1 Å². The van der Waals surface area contributed by atoms with Gasteiger partial charge in [-0.05, 0) is 48.0 Å². The number of pyridine rings is 2. The molecule has 0 saturated heterocycles. The molecule has 0 aliphatic rings. The largest absolute Gasteiger partial charge is 0.383 e. The number of benzene rings is 1. The van der Waals surface area contributed by atoms with Crippen LogP contribution in [0.2, 0.25) is 0 Å². The molecule has 3 aromatic heterocycles. The number of anilines is 1. The molecule has 5 nitrogen and oxygen atoms in total. The van der Waals surface area contributed by atoms with Crippen LogP contribution in [0.5, 0.6) is 0 Å². The summed E-state index contributed by atoms with van der Waals surface area (Å²) in [7, 11) is 0. The van der Waals surface area contributed by atoms with Gasteiger partial charge in [0.05, 0.1) is 17.0 Å². The maximum atomic E-state index is 13.0. The average Bonchev–Trinajstić information content (AvgIpc) is 3.12. The van der Waals surface area contributed by atoms with E-state index in [0.29, 0.717) is 18.0 Å². The van der Waals surface area contributed by atoms with Crippen molar-refractivity contribution in [2.24, 2.45) is 0 Å². The van der Waals surface area contributed by atoms with Gasteiger partial charge in [0.25, 0.3) is 0 Å². The van der Waals surface area contributed by atoms with Crippen molar-refractivity contribution < 1.29 is 8.91 Å². The second-order valence-electron chi connectivity index (χ2n) is 5.85. The summed E-state index contributed by atoms with van der Waals surface area (Å²) >= 11 is 0. The zero-order valence-electron chi connectivity index (χ0n) is 13.8. The van der Waals surface area contributed by atoms with Crippen LogP contribution >= 0.6 is 0 Å². The molecule has 4 rings (SSSR count). The van der Waals surface area contributed by atoms with Gasteiger partial charge < -0.3 is 10.3 Å². The summed E-state index contributed by atoms with van der Waals surface area (Å²) in [6.45, 7) is 0. The Balaban J connectivity index is 1.51. The van der Waals surface area contributed by atoms with Crippen LogP contribution in [0.3, 0.4) is 0 Å². The highest BCUT2D eigenvalue weighted by Crippen LogP contribution is 2.25. The van der Waals surface area contributed by atoms with E-state index in [0.717, 1.165) is 28.1 Å². The SMILES string of the molecule is Nc1ncccc1-c1cc(Cc2ccc(-c3ccc(F)cc3)nc2)no1. The second-order valence-corrected chi connectivity index (χ2v) is 5.85. The summed E-state index contributed by atoms with van der Waals surface area (Å²) < 4.78 is 18.4. The lowest BCUT2D eigenvalue weighted by Crippen LogP contribution is -1.92. The van der Waals surface area contributed by atoms with Crippen LogP contribution in [0.4, 0.5) is 10.2 Å². The molecule has 26 heavy (non-hydrogen) atoms. The Morgan fingerprint density at radius 3 is 2.58 bits per heavy atom. The Kier molecular flexibility index (Phi) is 4.15. The van der Waals surface area contributed by atoms with Crippen molar-refractivity contribution in [2.45, 2.75) is 6.42 Å². The van der Waals surface area contributed by atoms with Gasteiger partial charge in [0.2, 0.25) is 0 Å². The quantitative estimate of drug-likeness (QED) is 0.602. The average molecular weight is 346 g/mol. The number of hydrogen-bond donors (Lipinski definition) is 1. The molecule has 4 aromatic rings. The van der Waals surface area contributed by atoms with Crippen molar-refractivity contribution in [2.75, 3.05) is 5.73 Å². The van der Waals surface area contributed by atoms with Gasteiger partial charge in [-0.15, -0.1) is 0 Å². The molecule has 0 aliphatic carbocycles. The number of aromatic nitrogens is 3. The Hall–Kier alpha value is -3.54. The molecular weight excluding hydrogens is 331 g/mol. The monoisotopic (exact) mass is 346 g/mol. The molecule has 1 aromatic carbocycles. The van der Waals surface area contributed by atoms with Gasteiger partial charge >= 0.3 is 0 Å². The molecule has 0 aliphatic heterocycles. The first-order valence-corrected chi connectivity index (χ1v) is 8.06. The highest BCUT2D eigenvalue weighted by atomic mass is 19.1. The van der Waals surface area contributed by atoms with E-state index < -0.39 is 0 Å². The summed E-state index contributed by atoms with van der Waals surface area (Å²) in [6, 6.07) is 15.6. The highest BCUT2D eigenvalue weighted by molar-refractivity contribution is 5.69. The van der Waals surface area contributed by atoms with Crippen molar-refractivity contribution in [3.63, 3.8) is 0 Å². The molecule has 6 heteroatoms. The third-order valence-corrected chi connectivity index (χ3v) is 4.01. The van der Waals surface area contributed by atoms with Crippen LogP contribution in [-0.2, 0) is 6.42 Å². The predicted octanol–water partition coefficient (Wildman–Crippen LogP) is 4.11. The summed E-state index contributed by atoms with van der Waals surface area (Å²) in [4.78, 5) is 8.49. The minimum atomic E-state index is -0.263. The maximum absolute atomic E-state index is 13.0. The molecule has 3 heterocycles. The molecule has 0 radical (unpaired) electrons. The first kappa shape index (κ1) is 16.0. The third kappa shape index (κ3) is 3.30. The first-order chi connectivity index (χ1) is 12.7. The molecule has 0 unspecified atom stereocenters. The molecule has 128 valence electrons. The normalized spacial score (nSPS) is 10.8. The van der Waals surface area contributed by atoms with Crippen molar-refractivity contribution in [1.82, 2.24) is 15.1 Å². The Labute approximate surface area is 149 Å². The standard InChI is InChI=1S/C20H15FN4O/c21-15-6-4-14(5-7-15)18-8-3-13(12-24-18)10-16-11-19(26-25-16)17-2-1-9-23-20(17)22/h1-9,11-12H,10H2,(H2,22,23). The number of halogens is 1. The van der Waals surface area contributed by atoms with E-state index >= 15 is 0 Å². The first-order valence-electron chi connectivity index (χ1n) is 8.06. The smallest absolute Gasteiger partial charge is 0.170 e. The van der Waals surface area contributed by atoms with Crippen LogP contribution in [0.15, 0.2) is 71.5 Å². The predicted molar refractivity (Wildman–Crippen MR) is 96.6 cm³/mol. The number of nitrogen functional groups attached to an aromatic ring is 1. The topological polar surface area (TPSA) is 77.8 Å². The number of rotatable bonds is 4. The fourth-order valence-electron chi connectivity index (χ4n) is 2.68. The minimum absolute atomic E-state index is 0.263. The van der Waals surface area contributed by atoms with Gasteiger partial charge in [-0.3, -0.25) is 4.98 Å².